The van der Waals surface area contributed by atoms with Crippen molar-refractivity contribution in [2.75, 3.05) is 0 Å². The maximum atomic E-state index is 12.7. The van der Waals surface area contributed by atoms with Crippen molar-refractivity contribution in [2.45, 2.75) is 37.4 Å². The van der Waals surface area contributed by atoms with Crippen LogP contribution in [0.1, 0.15) is 30.9 Å². The molecule has 0 bridgehead atoms. The fourth-order valence-electron chi connectivity index (χ4n) is 2.18. The van der Waals surface area contributed by atoms with E-state index >= 15 is 0 Å². The summed E-state index contributed by atoms with van der Waals surface area (Å²) in [7, 11) is 0. The summed E-state index contributed by atoms with van der Waals surface area (Å²) in [6.07, 6.45) is -2.59. The summed E-state index contributed by atoms with van der Waals surface area (Å²) in [5.41, 5.74) is 5.69. The second kappa shape index (κ2) is 3.99. The van der Waals surface area contributed by atoms with Crippen LogP contribution in [-0.4, -0.2) is 6.04 Å². The van der Waals surface area contributed by atoms with E-state index in [1.54, 1.807) is 6.07 Å². The Morgan fingerprint density at radius 2 is 1.88 bits per heavy atom. The molecule has 0 saturated heterocycles. The van der Waals surface area contributed by atoms with Crippen molar-refractivity contribution >= 4 is 15.9 Å². The molecular weight excluding hydrogens is 295 g/mol. The van der Waals surface area contributed by atoms with Crippen LogP contribution in [0.15, 0.2) is 22.7 Å². The summed E-state index contributed by atoms with van der Waals surface area (Å²) in [5, 5.41) is 0. The minimum Gasteiger partial charge on any atom is -0.327 e. The molecule has 1 aromatic carbocycles. The predicted octanol–water partition coefficient (Wildman–Crippen LogP) is 3.85. The summed E-state index contributed by atoms with van der Waals surface area (Å²) in [5.74, 6) is 0. The summed E-state index contributed by atoms with van der Waals surface area (Å²) in [4.78, 5) is 0. The molecule has 0 spiro atoms. The number of hydrogen-bond acceptors (Lipinski definition) is 1. The van der Waals surface area contributed by atoms with Crippen molar-refractivity contribution in [3.63, 3.8) is 0 Å². The Balaban J connectivity index is 2.47. The van der Waals surface area contributed by atoms with Gasteiger partial charge in [0.2, 0.25) is 0 Å². The van der Waals surface area contributed by atoms with Gasteiger partial charge in [-0.3, -0.25) is 0 Å². The lowest BCUT2D eigenvalue weighted by Gasteiger charge is -2.21. The lowest BCUT2D eigenvalue weighted by atomic mass is 9.88. The van der Waals surface area contributed by atoms with Gasteiger partial charge in [-0.25, -0.2) is 0 Å². The second-order valence-corrected chi connectivity index (χ2v) is 5.59. The van der Waals surface area contributed by atoms with Crippen LogP contribution in [0.2, 0.25) is 0 Å². The molecule has 0 radical (unpaired) electrons. The zero-order chi connectivity index (χ0) is 12.8. The standard InChI is InChI=1S/C12H13BrF3N/c1-7(17)11(2-3-11)8-4-9(12(14,15)16)6-10(13)5-8/h4-7H,2-3,17H2,1H3. The Morgan fingerprint density at radius 1 is 1.29 bits per heavy atom. The highest BCUT2D eigenvalue weighted by Gasteiger charge is 2.48. The van der Waals surface area contributed by atoms with Gasteiger partial charge in [-0.15, -0.1) is 0 Å². The van der Waals surface area contributed by atoms with E-state index in [2.05, 4.69) is 15.9 Å². The van der Waals surface area contributed by atoms with Crippen LogP contribution in [-0.2, 0) is 11.6 Å². The molecule has 94 valence electrons. The highest BCUT2D eigenvalue weighted by Crippen LogP contribution is 2.51. The third kappa shape index (κ3) is 2.36. The van der Waals surface area contributed by atoms with Crippen LogP contribution in [0.25, 0.3) is 0 Å². The minimum atomic E-state index is -4.31. The average Bonchev–Trinajstić information content (AvgIpc) is 2.95. The van der Waals surface area contributed by atoms with Crippen LogP contribution in [0.3, 0.4) is 0 Å². The normalized spacial score (nSPS) is 20.1. The lowest BCUT2D eigenvalue weighted by Crippen LogP contribution is -2.31. The number of nitrogens with two attached hydrogens (primary N) is 1. The molecule has 2 N–H and O–H groups in total. The van der Waals surface area contributed by atoms with Gasteiger partial charge in [-0.05, 0) is 43.5 Å². The molecule has 1 unspecified atom stereocenters. The molecule has 1 saturated carbocycles. The Morgan fingerprint density at radius 3 is 2.29 bits per heavy atom. The molecule has 0 aliphatic heterocycles. The van der Waals surface area contributed by atoms with Gasteiger partial charge in [0, 0.05) is 15.9 Å². The molecule has 1 atom stereocenters. The molecule has 0 amide bonds. The molecule has 1 aromatic rings. The van der Waals surface area contributed by atoms with E-state index in [1.165, 1.54) is 6.07 Å². The van der Waals surface area contributed by atoms with E-state index in [0.717, 1.165) is 18.9 Å². The topological polar surface area (TPSA) is 26.0 Å². The van der Waals surface area contributed by atoms with Gasteiger partial charge < -0.3 is 5.73 Å². The first-order chi connectivity index (χ1) is 7.75. The third-order valence-corrected chi connectivity index (χ3v) is 3.92. The highest BCUT2D eigenvalue weighted by molar-refractivity contribution is 9.10. The van der Waals surface area contributed by atoms with E-state index in [0.29, 0.717) is 10.0 Å². The maximum absolute atomic E-state index is 12.7. The number of alkyl halides is 3. The molecule has 1 fully saturated rings. The molecule has 1 aliphatic rings. The van der Waals surface area contributed by atoms with E-state index in [4.69, 9.17) is 5.73 Å². The summed E-state index contributed by atoms with van der Waals surface area (Å²) < 4.78 is 38.6. The van der Waals surface area contributed by atoms with Gasteiger partial charge in [-0.1, -0.05) is 15.9 Å². The number of halogens is 4. The Labute approximate surface area is 106 Å². The largest absolute Gasteiger partial charge is 0.416 e. The van der Waals surface area contributed by atoms with Crippen molar-refractivity contribution < 1.29 is 13.2 Å². The Hall–Kier alpha value is -0.550. The predicted molar refractivity (Wildman–Crippen MR) is 63.7 cm³/mol. The zero-order valence-corrected chi connectivity index (χ0v) is 10.9. The van der Waals surface area contributed by atoms with Crippen molar-refractivity contribution in [2.24, 2.45) is 5.73 Å². The van der Waals surface area contributed by atoms with E-state index in [9.17, 15) is 13.2 Å². The zero-order valence-electron chi connectivity index (χ0n) is 9.31. The minimum absolute atomic E-state index is 0.127. The molecule has 0 aromatic heterocycles. The summed E-state index contributed by atoms with van der Waals surface area (Å²) >= 11 is 3.13. The van der Waals surface area contributed by atoms with E-state index in [-0.39, 0.29) is 11.5 Å². The molecule has 5 heteroatoms. The van der Waals surface area contributed by atoms with Crippen molar-refractivity contribution in [3.05, 3.63) is 33.8 Å². The molecule has 2 rings (SSSR count). The monoisotopic (exact) mass is 307 g/mol. The summed E-state index contributed by atoms with van der Waals surface area (Å²) in [6, 6.07) is 3.94. The molecular formula is C12H13BrF3N. The lowest BCUT2D eigenvalue weighted by molar-refractivity contribution is -0.137. The smallest absolute Gasteiger partial charge is 0.327 e. The van der Waals surface area contributed by atoms with Gasteiger partial charge in [0.05, 0.1) is 5.56 Å². The summed E-state index contributed by atoms with van der Waals surface area (Å²) in [6.45, 7) is 1.85. The van der Waals surface area contributed by atoms with Crippen LogP contribution < -0.4 is 5.73 Å². The van der Waals surface area contributed by atoms with Crippen molar-refractivity contribution in [3.8, 4) is 0 Å². The number of hydrogen-bond donors (Lipinski definition) is 1. The second-order valence-electron chi connectivity index (χ2n) is 4.67. The fraction of sp³-hybridized carbons (Fsp3) is 0.500. The molecule has 1 nitrogen and oxygen atoms in total. The van der Waals surface area contributed by atoms with Crippen LogP contribution >= 0.6 is 15.9 Å². The van der Waals surface area contributed by atoms with Crippen LogP contribution in [0.5, 0.6) is 0 Å². The number of rotatable bonds is 2. The van der Waals surface area contributed by atoms with Crippen molar-refractivity contribution in [1.82, 2.24) is 0 Å². The maximum Gasteiger partial charge on any atom is 0.416 e. The highest BCUT2D eigenvalue weighted by atomic mass is 79.9. The molecule has 0 heterocycles. The molecule has 1 aliphatic carbocycles. The number of benzene rings is 1. The van der Waals surface area contributed by atoms with Crippen molar-refractivity contribution in [1.29, 1.82) is 0 Å². The van der Waals surface area contributed by atoms with Crippen LogP contribution in [0.4, 0.5) is 13.2 Å². The van der Waals surface area contributed by atoms with E-state index < -0.39 is 11.7 Å². The first-order valence-electron chi connectivity index (χ1n) is 5.39. The van der Waals surface area contributed by atoms with Gasteiger partial charge in [0.25, 0.3) is 0 Å². The SMILES string of the molecule is CC(N)C1(c2cc(Br)cc(C(F)(F)F)c2)CC1. The Bertz CT molecular complexity index is 436. The van der Waals surface area contributed by atoms with Gasteiger partial charge >= 0.3 is 6.18 Å². The van der Waals surface area contributed by atoms with Gasteiger partial charge in [-0.2, -0.15) is 13.2 Å². The average molecular weight is 308 g/mol. The first-order valence-corrected chi connectivity index (χ1v) is 6.19. The Kier molecular flexibility index (Phi) is 3.02. The molecule has 17 heavy (non-hydrogen) atoms. The van der Waals surface area contributed by atoms with E-state index in [1.807, 2.05) is 6.92 Å². The van der Waals surface area contributed by atoms with Crippen LogP contribution in [0, 0.1) is 0 Å². The first kappa shape index (κ1) is 12.9. The fourth-order valence-corrected chi connectivity index (χ4v) is 2.68. The van der Waals surface area contributed by atoms with Gasteiger partial charge in [0.15, 0.2) is 0 Å². The van der Waals surface area contributed by atoms with Gasteiger partial charge in [0.1, 0.15) is 0 Å². The quantitative estimate of drug-likeness (QED) is 0.882. The third-order valence-electron chi connectivity index (χ3n) is 3.46.